The lowest BCUT2D eigenvalue weighted by molar-refractivity contribution is 0.0237. The van der Waals surface area contributed by atoms with Gasteiger partial charge in [-0.15, -0.1) is 0 Å². The lowest BCUT2D eigenvalue weighted by Gasteiger charge is -2.23. The zero-order chi connectivity index (χ0) is 16.8. The van der Waals surface area contributed by atoms with Gasteiger partial charge in [0.25, 0.3) is 5.91 Å². The second kappa shape index (κ2) is 8.44. The van der Waals surface area contributed by atoms with Gasteiger partial charge in [-0.2, -0.15) is 0 Å². The molecule has 2 saturated heterocycles. The fourth-order valence-corrected chi connectivity index (χ4v) is 3.40. The topological polar surface area (TPSA) is 63.7 Å². The van der Waals surface area contributed by atoms with Gasteiger partial charge in [0.2, 0.25) is 5.88 Å². The monoisotopic (exact) mass is 333 g/mol. The van der Waals surface area contributed by atoms with Gasteiger partial charge < -0.3 is 14.8 Å². The van der Waals surface area contributed by atoms with Crippen molar-refractivity contribution in [3.8, 4) is 5.88 Å². The van der Waals surface area contributed by atoms with Crippen LogP contribution in [-0.2, 0) is 4.74 Å². The number of nitrogens with zero attached hydrogens (tertiary/aromatic N) is 2. The van der Waals surface area contributed by atoms with Crippen LogP contribution in [0, 0.1) is 0 Å². The molecule has 3 heterocycles. The van der Waals surface area contributed by atoms with Crippen molar-refractivity contribution in [1.29, 1.82) is 0 Å². The fraction of sp³-hybridized carbons (Fsp3) is 0.667. The fourth-order valence-electron chi connectivity index (χ4n) is 3.40. The highest BCUT2D eigenvalue weighted by Crippen LogP contribution is 2.17. The standard InChI is InChI=1S/C18H27N3O3/c1-2-21-9-3-4-15(21)13-20-18(22)14-5-6-17(19-12-14)24-16-7-10-23-11-8-16/h5-6,12,15-16H,2-4,7-11,13H2,1H3,(H,20,22). The van der Waals surface area contributed by atoms with Gasteiger partial charge in [0.15, 0.2) is 0 Å². The van der Waals surface area contributed by atoms with E-state index in [1.807, 2.05) is 0 Å². The largest absolute Gasteiger partial charge is 0.474 e. The molecule has 0 saturated carbocycles. The molecule has 2 aliphatic heterocycles. The zero-order valence-corrected chi connectivity index (χ0v) is 14.4. The smallest absolute Gasteiger partial charge is 0.252 e. The normalized spacial score (nSPS) is 22.5. The predicted molar refractivity (Wildman–Crippen MR) is 91.3 cm³/mol. The lowest BCUT2D eigenvalue weighted by Crippen LogP contribution is -2.40. The summed E-state index contributed by atoms with van der Waals surface area (Å²) in [5.41, 5.74) is 0.579. The van der Waals surface area contributed by atoms with Gasteiger partial charge in [0.05, 0.1) is 18.8 Å². The molecule has 6 nitrogen and oxygen atoms in total. The van der Waals surface area contributed by atoms with Gasteiger partial charge in [-0.1, -0.05) is 6.92 Å². The third-order valence-corrected chi connectivity index (χ3v) is 4.86. The highest BCUT2D eigenvalue weighted by atomic mass is 16.5. The summed E-state index contributed by atoms with van der Waals surface area (Å²) in [6.45, 7) is 6.52. The van der Waals surface area contributed by atoms with E-state index in [1.165, 1.54) is 6.42 Å². The Balaban J connectivity index is 1.48. The quantitative estimate of drug-likeness (QED) is 0.861. The SMILES string of the molecule is CCN1CCCC1CNC(=O)c1ccc(OC2CCOCC2)nc1. The average Bonchev–Trinajstić information content (AvgIpc) is 3.09. The van der Waals surface area contributed by atoms with Crippen molar-refractivity contribution in [2.75, 3.05) is 32.8 Å². The summed E-state index contributed by atoms with van der Waals surface area (Å²) in [4.78, 5) is 19.0. The Morgan fingerprint density at radius 3 is 2.92 bits per heavy atom. The van der Waals surface area contributed by atoms with Crippen molar-refractivity contribution in [2.45, 2.75) is 44.8 Å². The minimum absolute atomic E-state index is 0.0666. The number of likely N-dealkylation sites (N-methyl/N-ethyl adjacent to an activating group) is 1. The molecule has 0 spiro atoms. The molecule has 3 rings (SSSR count). The molecule has 1 aromatic heterocycles. The maximum absolute atomic E-state index is 12.3. The first-order chi connectivity index (χ1) is 11.8. The Kier molecular flexibility index (Phi) is 6.04. The van der Waals surface area contributed by atoms with E-state index in [2.05, 4.69) is 22.1 Å². The zero-order valence-electron chi connectivity index (χ0n) is 14.4. The third kappa shape index (κ3) is 4.45. The van der Waals surface area contributed by atoms with Crippen LogP contribution >= 0.6 is 0 Å². The molecule has 1 N–H and O–H groups in total. The maximum atomic E-state index is 12.3. The molecule has 0 aromatic carbocycles. The van der Waals surface area contributed by atoms with E-state index in [-0.39, 0.29) is 12.0 Å². The van der Waals surface area contributed by atoms with Gasteiger partial charge in [-0.3, -0.25) is 9.69 Å². The van der Waals surface area contributed by atoms with Crippen LogP contribution in [0.3, 0.4) is 0 Å². The van der Waals surface area contributed by atoms with Crippen molar-refractivity contribution in [2.24, 2.45) is 0 Å². The van der Waals surface area contributed by atoms with Crippen LogP contribution in [-0.4, -0.2) is 60.8 Å². The van der Waals surface area contributed by atoms with Crippen LogP contribution in [0.4, 0.5) is 0 Å². The number of likely N-dealkylation sites (tertiary alicyclic amines) is 1. The van der Waals surface area contributed by atoms with E-state index in [1.54, 1.807) is 18.3 Å². The first-order valence-electron chi connectivity index (χ1n) is 8.99. The number of pyridine rings is 1. The molecule has 1 amide bonds. The van der Waals surface area contributed by atoms with E-state index in [0.717, 1.165) is 45.6 Å². The Bertz CT molecular complexity index is 529. The minimum atomic E-state index is -0.0666. The number of hydrogen-bond donors (Lipinski definition) is 1. The molecule has 2 aliphatic rings. The summed E-state index contributed by atoms with van der Waals surface area (Å²) in [6, 6.07) is 4.02. The van der Waals surface area contributed by atoms with Crippen molar-refractivity contribution in [3.05, 3.63) is 23.9 Å². The second-order valence-corrected chi connectivity index (χ2v) is 6.45. The van der Waals surface area contributed by atoms with E-state index < -0.39 is 0 Å². The summed E-state index contributed by atoms with van der Waals surface area (Å²) < 4.78 is 11.1. The van der Waals surface area contributed by atoms with Crippen LogP contribution in [0.5, 0.6) is 5.88 Å². The van der Waals surface area contributed by atoms with Gasteiger partial charge >= 0.3 is 0 Å². The molecule has 132 valence electrons. The first kappa shape index (κ1) is 17.2. The molecular formula is C18H27N3O3. The number of ether oxygens (including phenoxy) is 2. The summed E-state index contributed by atoms with van der Waals surface area (Å²) >= 11 is 0. The molecule has 1 unspecified atom stereocenters. The first-order valence-corrected chi connectivity index (χ1v) is 8.99. The molecule has 1 atom stereocenters. The Hall–Kier alpha value is -1.66. The molecule has 1 aromatic rings. The summed E-state index contributed by atoms with van der Waals surface area (Å²) in [5, 5.41) is 3.03. The number of rotatable bonds is 6. The highest BCUT2D eigenvalue weighted by Gasteiger charge is 2.23. The molecule has 24 heavy (non-hydrogen) atoms. The summed E-state index contributed by atoms with van der Waals surface area (Å²) in [6.07, 6.45) is 5.90. The van der Waals surface area contributed by atoms with Crippen LogP contribution < -0.4 is 10.1 Å². The van der Waals surface area contributed by atoms with Crippen LogP contribution in [0.15, 0.2) is 18.3 Å². The third-order valence-electron chi connectivity index (χ3n) is 4.86. The second-order valence-electron chi connectivity index (χ2n) is 6.45. The molecule has 0 radical (unpaired) electrons. The van der Waals surface area contributed by atoms with E-state index in [0.29, 0.717) is 24.0 Å². The van der Waals surface area contributed by atoms with Crippen LogP contribution in [0.25, 0.3) is 0 Å². The molecule has 6 heteroatoms. The van der Waals surface area contributed by atoms with Crippen molar-refractivity contribution >= 4 is 5.91 Å². The van der Waals surface area contributed by atoms with Gasteiger partial charge in [0.1, 0.15) is 6.10 Å². The van der Waals surface area contributed by atoms with Gasteiger partial charge in [-0.05, 0) is 32.0 Å². The molecule has 0 bridgehead atoms. The number of nitrogens with one attached hydrogen (secondary N) is 1. The van der Waals surface area contributed by atoms with Crippen molar-refractivity contribution in [3.63, 3.8) is 0 Å². The minimum Gasteiger partial charge on any atom is -0.474 e. The average molecular weight is 333 g/mol. The Morgan fingerprint density at radius 1 is 1.38 bits per heavy atom. The summed E-state index contributed by atoms with van der Waals surface area (Å²) in [5.74, 6) is 0.509. The Labute approximate surface area is 143 Å². The van der Waals surface area contributed by atoms with Crippen molar-refractivity contribution < 1.29 is 14.3 Å². The number of amides is 1. The number of carbonyl (C=O) groups excluding carboxylic acids is 1. The highest BCUT2D eigenvalue weighted by molar-refractivity contribution is 5.93. The van der Waals surface area contributed by atoms with Crippen LogP contribution in [0.1, 0.15) is 43.0 Å². The molecule has 0 aliphatic carbocycles. The lowest BCUT2D eigenvalue weighted by atomic mass is 10.1. The van der Waals surface area contributed by atoms with Gasteiger partial charge in [-0.25, -0.2) is 4.98 Å². The predicted octanol–water partition coefficient (Wildman–Crippen LogP) is 1.85. The summed E-state index contributed by atoms with van der Waals surface area (Å²) in [7, 11) is 0. The Morgan fingerprint density at radius 2 is 2.21 bits per heavy atom. The number of hydrogen-bond acceptors (Lipinski definition) is 5. The van der Waals surface area contributed by atoms with E-state index in [9.17, 15) is 4.79 Å². The van der Waals surface area contributed by atoms with E-state index >= 15 is 0 Å². The van der Waals surface area contributed by atoms with E-state index in [4.69, 9.17) is 9.47 Å². The van der Waals surface area contributed by atoms with Crippen LogP contribution in [0.2, 0.25) is 0 Å². The van der Waals surface area contributed by atoms with Gasteiger partial charge in [0, 0.05) is 37.7 Å². The molecular weight excluding hydrogens is 306 g/mol. The number of carbonyl (C=O) groups is 1. The van der Waals surface area contributed by atoms with Crippen molar-refractivity contribution in [1.82, 2.24) is 15.2 Å². The molecule has 2 fully saturated rings. The number of aromatic nitrogens is 1. The maximum Gasteiger partial charge on any atom is 0.252 e.